The molecule has 6 nitrogen and oxygen atoms in total. The van der Waals surface area contributed by atoms with Crippen molar-refractivity contribution < 1.29 is 19.8 Å². The van der Waals surface area contributed by atoms with Gasteiger partial charge in [0.05, 0.1) is 11.8 Å². The van der Waals surface area contributed by atoms with Crippen molar-refractivity contribution in [2.75, 3.05) is 26.2 Å². The Hall–Kier alpha value is -2.70. The maximum absolute atomic E-state index is 11.8. The maximum Gasteiger partial charge on any atom is 0.307 e. The topological polar surface area (TPSA) is 98.7 Å². The minimum absolute atomic E-state index is 0.203. The van der Waals surface area contributed by atoms with Gasteiger partial charge in [-0.05, 0) is 105 Å². The molecular formula is C29H38N2O4. The number of hydrogen-bond donors (Lipinski definition) is 4. The standard InChI is InChI=1S/C29H38N2O4/c32-28(33)26(24-10-12-30-18-24)16-22-8-2-6-20(14-22)4-1-5-21-7-3-9-23(15-21)17-27(29(34)35)25-11-13-31-19-25/h2-3,6-9,14-15,24-27,30-31H,1,4-5,10-13,16-19H2,(H,32,33)(H,34,35)/t24-,25-,26-,27-/m0/s1. The second-order valence-corrected chi connectivity index (χ2v) is 10.3. The molecule has 188 valence electrons. The van der Waals surface area contributed by atoms with Gasteiger partial charge in [0.15, 0.2) is 0 Å². The van der Waals surface area contributed by atoms with E-state index in [0.29, 0.717) is 12.8 Å². The second kappa shape index (κ2) is 12.3. The quantitative estimate of drug-likeness (QED) is 0.372. The predicted octanol–water partition coefficient (Wildman–Crippen LogP) is 3.57. The van der Waals surface area contributed by atoms with Crippen LogP contribution < -0.4 is 10.6 Å². The Kier molecular flexibility index (Phi) is 8.94. The van der Waals surface area contributed by atoms with E-state index in [0.717, 1.165) is 69.4 Å². The van der Waals surface area contributed by atoms with Gasteiger partial charge in [-0.1, -0.05) is 48.5 Å². The minimum Gasteiger partial charge on any atom is -0.481 e. The van der Waals surface area contributed by atoms with E-state index in [1.165, 1.54) is 11.1 Å². The molecule has 4 rings (SSSR count). The molecule has 0 saturated carbocycles. The molecule has 0 radical (unpaired) electrons. The molecule has 35 heavy (non-hydrogen) atoms. The fourth-order valence-electron chi connectivity index (χ4n) is 5.78. The zero-order chi connectivity index (χ0) is 24.6. The zero-order valence-corrected chi connectivity index (χ0v) is 20.4. The van der Waals surface area contributed by atoms with E-state index in [2.05, 4.69) is 34.9 Å². The van der Waals surface area contributed by atoms with Gasteiger partial charge >= 0.3 is 11.9 Å². The first kappa shape index (κ1) is 25.4. The third-order valence-electron chi connectivity index (χ3n) is 7.79. The summed E-state index contributed by atoms with van der Waals surface area (Å²) in [5.41, 5.74) is 4.69. The summed E-state index contributed by atoms with van der Waals surface area (Å²) in [6, 6.07) is 16.8. The Morgan fingerprint density at radius 2 is 1.17 bits per heavy atom. The number of carboxylic acids is 2. The lowest BCUT2D eigenvalue weighted by Crippen LogP contribution is -2.27. The van der Waals surface area contributed by atoms with Crippen molar-refractivity contribution in [2.24, 2.45) is 23.7 Å². The van der Waals surface area contributed by atoms with Crippen molar-refractivity contribution in [1.29, 1.82) is 0 Å². The first-order valence-electron chi connectivity index (χ1n) is 13.0. The Balaban J connectivity index is 1.31. The van der Waals surface area contributed by atoms with Gasteiger partial charge in [0.25, 0.3) is 0 Å². The summed E-state index contributed by atoms with van der Waals surface area (Å²) in [5.74, 6) is -1.66. The fourth-order valence-corrected chi connectivity index (χ4v) is 5.78. The van der Waals surface area contributed by atoms with Gasteiger partial charge in [0.1, 0.15) is 0 Å². The third-order valence-corrected chi connectivity index (χ3v) is 7.79. The van der Waals surface area contributed by atoms with Crippen LogP contribution in [0.25, 0.3) is 0 Å². The fraction of sp³-hybridized carbons (Fsp3) is 0.517. The normalized spacial score (nSPS) is 21.6. The van der Waals surface area contributed by atoms with Gasteiger partial charge in [-0.25, -0.2) is 0 Å². The molecule has 2 fully saturated rings. The molecule has 6 heteroatoms. The highest BCUT2D eigenvalue weighted by molar-refractivity contribution is 5.71. The lowest BCUT2D eigenvalue weighted by molar-refractivity contribution is -0.144. The summed E-state index contributed by atoms with van der Waals surface area (Å²) < 4.78 is 0. The Morgan fingerprint density at radius 3 is 1.54 bits per heavy atom. The summed E-state index contributed by atoms with van der Waals surface area (Å²) in [4.78, 5) is 23.7. The molecule has 2 heterocycles. The molecule has 4 N–H and O–H groups in total. The number of carbonyl (C=O) groups is 2. The van der Waals surface area contributed by atoms with Gasteiger partial charge in [0, 0.05) is 0 Å². The molecule has 0 bridgehead atoms. The summed E-state index contributed by atoms with van der Waals surface area (Å²) in [5, 5.41) is 26.0. The molecule has 2 saturated heterocycles. The molecule has 0 aromatic heterocycles. The van der Waals surface area contributed by atoms with Crippen molar-refractivity contribution in [3.63, 3.8) is 0 Å². The summed E-state index contributed by atoms with van der Waals surface area (Å²) in [7, 11) is 0. The lowest BCUT2D eigenvalue weighted by atomic mass is 9.85. The van der Waals surface area contributed by atoms with Crippen molar-refractivity contribution in [2.45, 2.75) is 44.9 Å². The molecule has 4 atom stereocenters. The summed E-state index contributed by atoms with van der Waals surface area (Å²) >= 11 is 0. The van der Waals surface area contributed by atoms with Gasteiger partial charge in [-0.3, -0.25) is 9.59 Å². The number of carboxylic acid groups (broad SMARTS) is 2. The average Bonchev–Trinajstić information content (AvgIpc) is 3.56. The molecule has 2 aliphatic heterocycles. The lowest BCUT2D eigenvalue weighted by Gasteiger charge is -2.19. The van der Waals surface area contributed by atoms with Crippen LogP contribution in [0.5, 0.6) is 0 Å². The molecular weight excluding hydrogens is 440 g/mol. The maximum atomic E-state index is 11.8. The van der Waals surface area contributed by atoms with Crippen molar-refractivity contribution in [3.05, 3.63) is 70.8 Å². The minimum atomic E-state index is -0.696. The van der Waals surface area contributed by atoms with E-state index >= 15 is 0 Å². The van der Waals surface area contributed by atoms with Crippen LogP contribution in [0, 0.1) is 23.7 Å². The Morgan fingerprint density at radius 1 is 0.743 bits per heavy atom. The highest BCUT2D eigenvalue weighted by Gasteiger charge is 2.31. The smallest absolute Gasteiger partial charge is 0.307 e. The van der Waals surface area contributed by atoms with Crippen LogP contribution in [-0.2, 0) is 35.3 Å². The van der Waals surface area contributed by atoms with Crippen LogP contribution >= 0.6 is 0 Å². The number of aliphatic carboxylic acids is 2. The van der Waals surface area contributed by atoms with Gasteiger partial charge in [-0.2, -0.15) is 0 Å². The first-order chi connectivity index (χ1) is 17.0. The van der Waals surface area contributed by atoms with Crippen molar-refractivity contribution in [1.82, 2.24) is 10.6 Å². The number of nitrogens with one attached hydrogen (secondary N) is 2. The van der Waals surface area contributed by atoms with Crippen LogP contribution in [0.15, 0.2) is 48.5 Å². The van der Waals surface area contributed by atoms with Crippen LogP contribution in [0.4, 0.5) is 0 Å². The molecule has 0 amide bonds. The third kappa shape index (κ3) is 7.15. The number of aryl methyl sites for hydroxylation is 2. The number of benzene rings is 2. The predicted molar refractivity (Wildman–Crippen MR) is 137 cm³/mol. The van der Waals surface area contributed by atoms with Crippen molar-refractivity contribution in [3.8, 4) is 0 Å². The van der Waals surface area contributed by atoms with Gasteiger partial charge in [-0.15, -0.1) is 0 Å². The zero-order valence-electron chi connectivity index (χ0n) is 20.4. The van der Waals surface area contributed by atoms with Crippen LogP contribution in [0.1, 0.15) is 41.5 Å². The van der Waals surface area contributed by atoms with Crippen LogP contribution in [0.3, 0.4) is 0 Å². The monoisotopic (exact) mass is 478 g/mol. The Bertz CT molecular complexity index is 916. The molecule has 0 spiro atoms. The SMILES string of the molecule is O=C(O)[C@@H](Cc1cccc(CCCc2cccc(C[C@H](C(=O)O)[C@H]3CCNC3)c2)c1)[C@H]1CCNC1. The first-order valence-corrected chi connectivity index (χ1v) is 13.0. The van der Waals surface area contributed by atoms with E-state index < -0.39 is 11.9 Å². The Labute approximate surface area is 208 Å². The highest BCUT2D eigenvalue weighted by Crippen LogP contribution is 2.26. The van der Waals surface area contributed by atoms with E-state index in [-0.39, 0.29) is 23.7 Å². The van der Waals surface area contributed by atoms with Crippen molar-refractivity contribution >= 4 is 11.9 Å². The molecule has 2 aromatic rings. The summed E-state index contributed by atoms with van der Waals surface area (Å²) in [6.45, 7) is 3.40. The van der Waals surface area contributed by atoms with E-state index in [4.69, 9.17) is 0 Å². The number of rotatable bonds is 12. The second-order valence-electron chi connectivity index (χ2n) is 10.3. The molecule has 0 aliphatic carbocycles. The number of hydrogen-bond acceptors (Lipinski definition) is 4. The molecule has 2 aliphatic rings. The van der Waals surface area contributed by atoms with Gasteiger partial charge in [0.2, 0.25) is 0 Å². The molecule has 0 unspecified atom stereocenters. The van der Waals surface area contributed by atoms with E-state index in [1.54, 1.807) is 0 Å². The van der Waals surface area contributed by atoms with E-state index in [1.807, 2.05) is 24.3 Å². The van der Waals surface area contributed by atoms with Crippen LogP contribution in [-0.4, -0.2) is 48.3 Å². The highest BCUT2D eigenvalue weighted by atomic mass is 16.4. The van der Waals surface area contributed by atoms with Crippen LogP contribution in [0.2, 0.25) is 0 Å². The van der Waals surface area contributed by atoms with E-state index in [9.17, 15) is 19.8 Å². The summed E-state index contributed by atoms with van der Waals surface area (Å²) in [6.07, 6.45) is 5.90. The average molecular weight is 479 g/mol. The van der Waals surface area contributed by atoms with Gasteiger partial charge < -0.3 is 20.8 Å². The molecule has 2 aromatic carbocycles. The largest absolute Gasteiger partial charge is 0.481 e.